The summed E-state index contributed by atoms with van der Waals surface area (Å²) in [6.07, 6.45) is 5.12. The Morgan fingerprint density at radius 1 is 0.630 bits per heavy atom. The van der Waals surface area contributed by atoms with Crippen LogP contribution >= 0.6 is 7.87 Å². The Labute approximate surface area is 165 Å². The average molecular weight is 420 g/mol. The zero-order valence-corrected chi connectivity index (χ0v) is 19.6. The van der Waals surface area contributed by atoms with Crippen LogP contribution in [0.3, 0.4) is 0 Å². The van der Waals surface area contributed by atoms with Crippen LogP contribution in [-0.4, -0.2) is 79.8 Å². The maximum atomic E-state index is 9.75. The number of hydrogen-bond donors (Lipinski definition) is 0. The third-order valence-electron chi connectivity index (χ3n) is 4.67. The minimum absolute atomic E-state index is 1.09. The predicted molar refractivity (Wildman–Crippen MR) is 113 cm³/mol. The standard InChI is InChI=1S/C17H42N4P.BF4/c1-9-14-16-21(17-15-10-2)22(18(6)11-3,19(7)12-4)20(8)13-5;2-1(3,4)5/h9-17H2,1-8H3;/q+1;-1. The topological polar surface area (TPSA) is 13.0 Å². The van der Waals surface area contributed by atoms with E-state index in [1.165, 1.54) is 38.8 Å². The molecule has 0 heterocycles. The molecule has 0 fully saturated rings. The molecule has 0 saturated carbocycles. The molecule has 0 aromatic heterocycles. The normalized spacial score (nSPS) is 12.9. The maximum absolute atomic E-state index is 9.75. The van der Waals surface area contributed by atoms with Crippen molar-refractivity contribution < 1.29 is 17.3 Å². The first-order valence-electron chi connectivity index (χ1n) is 10.1. The smallest absolute Gasteiger partial charge is 0.418 e. The van der Waals surface area contributed by atoms with Crippen LogP contribution in [0.15, 0.2) is 0 Å². The van der Waals surface area contributed by atoms with Gasteiger partial charge in [-0.2, -0.15) is 0 Å². The van der Waals surface area contributed by atoms with Gasteiger partial charge in [-0.05, 0) is 33.6 Å². The highest BCUT2D eigenvalue weighted by molar-refractivity contribution is 7.66. The van der Waals surface area contributed by atoms with Crippen LogP contribution in [-0.2, 0) is 0 Å². The highest BCUT2D eigenvalue weighted by Crippen LogP contribution is 2.68. The van der Waals surface area contributed by atoms with Gasteiger partial charge in [-0.15, -0.1) is 18.7 Å². The van der Waals surface area contributed by atoms with Crippen molar-refractivity contribution in [1.29, 1.82) is 0 Å². The molecule has 0 N–H and O–H groups in total. The number of hydrogen-bond acceptors (Lipinski definition) is 4. The summed E-state index contributed by atoms with van der Waals surface area (Å²) in [7, 11) is -0.656. The van der Waals surface area contributed by atoms with Gasteiger partial charge in [0, 0.05) is 53.9 Å². The van der Waals surface area contributed by atoms with E-state index in [0.29, 0.717) is 0 Å². The molecule has 0 aliphatic carbocycles. The van der Waals surface area contributed by atoms with E-state index in [1.807, 2.05) is 0 Å². The second kappa shape index (κ2) is 15.0. The van der Waals surface area contributed by atoms with E-state index in [0.717, 1.165) is 19.6 Å². The van der Waals surface area contributed by atoms with Crippen molar-refractivity contribution in [2.75, 3.05) is 53.9 Å². The third kappa shape index (κ3) is 10.4. The SMILES string of the molecule is CCCCN(CCCC)[P+](N(C)CC)(N(C)CC)N(C)CC.F[B-](F)(F)F. The van der Waals surface area contributed by atoms with E-state index in [-0.39, 0.29) is 0 Å². The fourth-order valence-corrected chi connectivity index (χ4v) is 7.88. The summed E-state index contributed by atoms with van der Waals surface area (Å²) in [6.45, 7) is 17.2. The maximum Gasteiger partial charge on any atom is 0.673 e. The van der Waals surface area contributed by atoms with E-state index in [4.69, 9.17) is 0 Å². The Kier molecular flexibility index (Phi) is 16.2. The number of rotatable bonds is 13. The van der Waals surface area contributed by atoms with Gasteiger partial charge >= 0.3 is 15.1 Å². The molecule has 27 heavy (non-hydrogen) atoms. The van der Waals surface area contributed by atoms with Gasteiger partial charge in [-0.3, -0.25) is 0 Å². The van der Waals surface area contributed by atoms with Crippen LogP contribution in [0, 0.1) is 0 Å². The summed E-state index contributed by atoms with van der Waals surface area (Å²) >= 11 is 0. The van der Waals surface area contributed by atoms with Gasteiger partial charge in [0.2, 0.25) is 0 Å². The Morgan fingerprint density at radius 2 is 0.889 bits per heavy atom. The molecule has 0 radical (unpaired) electrons. The molecule has 0 atom stereocenters. The molecular formula is C17H42BF4N4P. The molecule has 166 valence electrons. The summed E-state index contributed by atoms with van der Waals surface area (Å²) in [6, 6.07) is 0. The summed E-state index contributed by atoms with van der Waals surface area (Å²) < 4.78 is 49.7. The van der Waals surface area contributed by atoms with Gasteiger partial charge in [0.25, 0.3) is 0 Å². The number of halogens is 4. The number of nitrogens with zero attached hydrogens (tertiary/aromatic N) is 4. The summed E-state index contributed by atoms with van der Waals surface area (Å²) in [4.78, 5) is 0. The molecule has 0 unspecified atom stereocenters. The van der Waals surface area contributed by atoms with Crippen molar-refractivity contribution in [2.24, 2.45) is 0 Å². The van der Waals surface area contributed by atoms with Gasteiger partial charge in [-0.25, -0.2) is 0 Å². The molecule has 0 aliphatic rings. The average Bonchev–Trinajstić information content (AvgIpc) is 2.61. The molecule has 10 heteroatoms. The molecule has 0 saturated heterocycles. The Hall–Kier alpha value is 0.0549. The van der Waals surface area contributed by atoms with E-state index >= 15 is 0 Å². The second-order valence-corrected chi connectivity index (χ2v) is 10.3. The summed E-state index contributed by atoms with van der Waals surface area (Å²) in [5.74, 6) is 0. The van der Waals surface area contributed by atoms with Crippen molar-refractivity contribution in [2.45, 2.75) is 60.3 Å². The van der Waals surface area contributed by atoms with Crippen LogP contribution in [0.5, 0.6) is 0 Å². The van der Waals surface area contributed by atoms with Crippen molar-refractivity contribution in [3.63, 3.8) is 0 Å². The van der Waals surface area contributed by atoms with Crippen LogP contribution in [0.25, 0.3) is 0 Å². The van der Waals surface area contributed by atoms with E-state index < -0.39 is 15.1 Å². The Bertz CT molecular complexity index is 324. The minimum atomic E-state index is -6.00. The summed E-state index contributed by atoms with van der Waals surface area (Å²) in [5, 5.41) is 0. The first kappa shape index (κ1) is 29.3. The molecule has 0 aromatic carbocycles. The molecule has 0 amide bonds. The van der Waals surface area contributed by atoms with Crippen LogP contribution in [0.1, 0.15) is 60.3 Å². The lowest BCUT2D eigenvalue weighted by atomic mass is 10.3. The first-order valence-corrected chi connectivity index (χ1v) is 11.7. The van der Waals surface area contributed by atoms with Crippen molar-refractivity contribution in [1.82, 2.24) is 18.7 Å². The molecule has 0 bridgehead atoms. The van der Waals surface area contributed by atoms with E-state index in [2.05, 4.69) is 74.4 Å². The van der Waals surface area contributed by atoms with Gasteiger partial charge in [-0.1, -0.05) is 26.7 Å². The number of unbranched alkanes of at least 4 members (excludes halogenated alkanes) is 2. The fourth-order valence-electron chi connectivity index (χ4n) is 3.06. The Morgan fingerprint density at radius 3 is 1.07 bits per heavy atom. The van der Waals surface area contributed by atoms with Gasteiger partial charge in [0.05, 0.1) is 0 Å². The van der Waals surface area contributed by atoms with Crippen molar-refractivity contribution in [3.8, 4) is 0 Å². The van der Waals surface area contributed by atoms with Crippen LogP contribution in [0.2, 0.25) is 0 Å². The van der Waals surface area contributed by atoms with E-state index in [1.54, 1.807) is 0 Å². The fraction of sp³-hybridized carbons (Fsp3) is 1.00. The molecular weight excluding hydrogens is 378 g/mol. The van der Waals surface area contributed by atoms with Crippen molar-refractivity contribution in [3.05, 3.63) is 0 Å². The summed E-state index contributed by atoms with van der Waals surface area (Å²) in [5.41, 5.74) is 0. The molecule has 4 nitrogen and oxygen atoms in total. The van der Waals surface area contributed by atoms with Crippen LogP contribution in [0.4, 0.5) is 17.3 Å². The van der Waals surface area contributed by atoms with Gasteiger partial charge < -0.3 is 17.3 Å². The van der Waals surface area contributed by atoms with E-state index in [9.17, 15) is 17.3 Å². The highest BCUT2D eigenvalue weighted by Gasteiger charge is 2.56. The lowest BCUT2D eigenvalue weighted by molar-refractivity contribution is 0.284. The second-order valence-electron chi connectivity index (χ2n) is 6.61. The quantitative estimate of drug-likeness (QED) is 0.215. The monoisotopic (exact) mass is 420 g/mol. The largest absolute Gasteiger partial charge is 0.673 e. The highest BCUT2D eigenvalue weighted by atomic mass is 31.2. The molecule has 0 aromatic rings. The lowest BCUT2D eigenvalue weighted by Gasteiger charge is -2.48. The van der Waals surface area contributed by atoms with Crippen molar-refractivity contribution >= 4 is 15.1 Å². The minimum Gasteiger partial charge on any atom is -0.418 e. The zero-order chi connectivity index (χ0) is 21.7. The van der Waals surface area contributed by atoms with Gasteiger partial charge in [0.15, 0.2) is 0 Å². The Balaban J connectivity index is 0. The lowest BCUT2D eigenvalue weighted by Crippen LogP contribution is -2.50. The third-order valence-corrected chi connectivity index (χ3v) is 9.42. The molecule has 0 spiro atoms. The van der Waals surface area contributed by atoms with Crippen LogP contribution < -0.4 is 0 Å². The molecule has 0 aliphatic heterocycles. The predicted octanol–water partition coefficient (Wildman–Crippen LogP) is 5.72. The van der Waals surface area contributed by atoms with Gasteiger partial charge in [0.1, 0.15) is 0 Å². The molecule has 0 rings (SSSR count). The first-order chi connectivity index (χ1) is 12.5. The zero-order valence-electron chi connectivity index (χ0n) is 18.7.